The summed E-state index contributed by atoms with van der Waals surface area (Å²) in [5.41, 5.74) is 1.37. The molecular weight excluding hydrogens is 472 g/mol. The maximum atomic E-state index is 13.5. The lowest BCUT2D eigenvalue weighted by Gasteiger charge is -2.43. The highest BCUT2D eigenvalue weighted by molar-refractivity contribution is 7.71. The molecule has 9 nitrogen and oxygen atoms in total. The lowest BCUT2D eigenvalue weighted by atomic mass is 9.73. The van der Waals surface area contributed by atoms with Gasteiger partial charge in [-0.2, -0.15) is 5.26 Å². The van der Waals surface area contributed by atoms with Crippen LogP contribution < -0.4 is 4.74 Å². The number of aromatic nitrogens is 1. The summed E-state index contributed by atoms with van der Waals surface area (Å²) in [6.45, 7) is 3.25. The van der Waals surface area contributed by atoms with Crippen molar-refractivity contribution in [1.29, 1.82) is 5.26 Å². The summed E-state index contributed by atoms with van der Waals surface area (Å²) in [4.78, 5) is 13.5. The Balaban J connectivity index is 2.04. The molecule has 0 saturated carbocycles. The SMILES string of the molecule is COc1ccc(-c2c3c(n([C@@H]4O[C@@H](CO)[C@@H](O)[C@@H](O)[C@@H]4O)c(=S)c2C#N)CC(C)(C)CC3=O)cc1. The summed E-state index contributed by atoms with van der Waals surface area (Å²) >= 11 is 5.71. The van der Waals surface area contributed by atoms with Crippen LogP contribution in [0.1, 0.15) is 48.1 Å². The van der Waals surface area contributed by atoms with Crippen LogP contribution in [0.3, 0.4) is 0 Å². The van der Waals surface area contributed by atoms with Crippen LogP contribution in [-0.2, 0) is 11.2 Å². The fourth-order valence-corrected chi connectivity index (χ4v) is 5.33. The molecule has 1 fully saturated rings. The third-order valence-corrected chi connectivity index (χ3v) is 7.09. The van der Waals surface area contributed by atoms with Crippen molar-refractivity contribution in [3.63, 3.8) is 0 Å². The molecule has 0 spiro atoms. The van der Waals surface area contributed by atoms with Gasteiger partial charge in [-0.15, -0.1) is 0 Å². The van der Waals surface area contributed by atoms with Gasteiger partial charge in [-0.25, -0.2) is 0 Å². The van der Waals surface area contributed by atoms with Crippen molar-refractivity contribution in [2.45, 2.75) is 57.3 Å². The number of fused-ring (bicyclic) bond motifs is 1. The average Bonchev–Trinajstić information content (AvgIpc) is 2.82. The number of rotatable bonds is 4. The Morgan fingerprint density at radius 2 is 1.80 bits per heavy atom. The first kappa shape index (κ1) is 25.4. The van der Waals surface area contributed by atoms with Crippen LogP contribution in [0.4, 0.5) is 0 Å². The van der Waals surface area contributed by atoms with E-state index in [4.69, 9.17) is 21.7 Å². The first-order valence-electron chi connectivity index (χ1n) is 11.2. The smallest absolute Gasteiger partial charge is 0.165 e. The maximum Gasteiger partial charge on any atom is 0.165 e. The van der Waals surface area contributed by atoms with E-state index in [0.29, 0.717) is 34.6 Å². The first-order chi connectivity index (χ1) is 16.5. The van der Waals surface area contributed by atoms with Crippen LogP contribution in [0.25, 0.3) is 11.1 Å². The lowest BCUT2D eigenvalue weighted by Crippen LogP contribution is -2.57. The molecule has 1 aromatic carbocycles. The highest BCUT2D eigenvalue weighted by Crippen LogP contribution is 2.43. The number of hydrogen-bond acceptors (Lipinski definition) is 9. The Morgan fingerprint density at radius 3 is 2.37 bits per heavy atom. The summed E-state index contributed by atoms with van der Waals surface area (Å²) in [6.07, 6.45) is -6.70. The number of benzene rings is 1. The minimum absolute atomic E-state index is 0.0203. The molecule has 0 unspecified atom stereocenters. The Morgan fingerprint density at radius 1 is 1.14 bits per heavy atom. The third kappa shape index (κ3) is 4.29. The normalized spacial score (nSPS) is 27.7. The third-order valence-electron chi connectivity index (χ3n) is 6.69. The molecule has 2 heterocycles. The van der Waals surface area contributed by atoms with Gasteiger partial charge < -0.3 is 34.5 Å². The molecule has 10 heteroatoms. The van der Waals surface area contributed by atoms with Gasteiger partial charge in [0.05, 0.1) is 19.3 Å². The Hall–Kier alpha value is -2.65. The quantitative estimate of drug-likeness (QED) is 0.462. The van der Waals surface area contributed by atoms with Gasteiger partial charge in [0.2, 0.25) is 0 Å². The number of Topliss-reactive ketones (excluding diaryl/α,β-unsaturated/α-hetero) is 1. The Kier molecular flexibility index (Phi) is 6.85. The summed E-state index contributed by atoms with van der Waals surface area (Å²) in [7, 11) is 1.54. The molecule has 2 aromatic rings. The number of pyridine rings is 1. The van der Waals surface area contributed by atoms with E-state index in [1.807, 2.05) is 13.8 Å². The molecule has 1 saturated heterocycles. The second-order valence-corrected chi connectivity index (χ2v) is 10.1. The number of hydrogen-bond donors (Lipinski definition) is 4. The molecule has 186 valence electrons. The summed E-state index contributed by atoms with van der Waals surface area (Å²) in [5.74, 6) is 0.423. The van der Waals surface area contributed by atoms with E-state index in [1.165, 1.54) is 11.7 Å². The van der Waals surface area contributed by atoms with Crippen molar-refractivity contribution in [1.82, 2.24) is 4.57 Å². The maximum absolute atomic E-state index is 13.5. The fourth-order valence-electron chi connectivity index (χ4n) is 4.97. The van der Waals surface area contributed by atoms with Gasteiger partial charge in [-0.05, 0) is 29.5 Å². The zero-order valence-corrected chi connectivity index (χ0v) is 20.5. The molecule has 35 heavy (non-hydrogen) atoms. The van der Waals surface area contributed by atoms with Gasteiger partial charge in [0.25, 0.3) is 0 Å². The van der Waals surface area contributed by atoms with E-state index in [9.17, 15) is 30.5 Å². The Bertz CT molecular complexity index is 1250. The van der Waals surface area contributed by atoms with Crippen LogP contribution in [0.5, 0.6) is 5.75 Å². The average molecular weight is 501 g/mol. The van der Waals surface area contributed by atoms with Crippen molar-refractivity contribution >= 4 is 18.0 Å². The van der Waals surface area contributed by atoms with E-state index in [1.54, 1.807) is 24.3 Å². The minimum Gasteiger partial charge on any atom is -0.497 e. The number of nitriles is 1. The number of carbonyl (C=O) groups is 1. The standard InChI is InChI=1S/C25H28N2O7S/c1-25(2)8-15-19(16(29)9-25)18(12-4-6-13(33-3)7-5-12)14(10-26)24(35)27(15)23-22(32)21(31)20(30)17(11-28)34-23/h4-7,17,20-23,28,30-32H,8-9,11H2,1-3H3/t17-,20+,21+,22-,23+/m0/s1. The lowest BCUT2D eigenvalue weighted by molar-refractivity contribution is -0.252. The number of nitrogens with zero attached hydrogens (tertiary/aromatic N) is 2. The molecule has 0 bridgehead atoms. The number of aliphatic hydroxyl groups is 4. The summed E-state index contributed by atoms with van der Waals surface area (Å²) in [6, 6.07) is 9.05. The van der Waals surface area contributed by atoms with E-state index in [2.05, 4.69) is 6.07 Å². The summed E-state index contributed by atoms with van der Waals surface area (Å²) < 4.78 is 12.4. The zero-order chi connectivity index (χ0) is 25.7. The zero-order valence-electron chi connectivity index (χ0n) is 19.6. The van der Waals surface area contributed by atoms with Crippen LogP contribution in [0, 0.1) is 21.4 Å². The molecule has 0 amide bonds. The van der Waals surface area contributed by atoms with Crippen molar-refractivity contribution in [3.8, 4) is 22.9 Å². The van der Waals surface area contributed by atoms with Gasteiger partial charge in [-0.3, -0.25) is 4.79 Å². The topological polar surface area (TPSA) is 145 Å². The van der Waals surface area contributed by atoms with Crippen molar-refractivity contribution in [2.75, 3.05) is 13.7 Å². The van der Waals surface area contributed by atoms with Crippen LogP contribution >= 0.6 is 12.2 Å². The van der Waals surface area contributed by atoms with Gasteiger partial charge in [0.15, 0.2) is 12.0 Å². The van der Waals surface area contributed by atoms with Crippen LogP contribution in [0.15, 0.2) is 24.3 Å². The number of ketones is 1. The first-order valence-corrected chi connectivity index (χ1v) is 11.6. The molecule has 4 N–H and O–H groups in total. The number of methoxy groups -OCH3 is 1. The van der Waals surface area contributed by atoms with Crippen molar-refractivity contribution < 1.29 is 34.7 Å². The molecule has 1 aromatic heterocycles. The second kappa shape index (κ2) is 9.43. The van der Waals surface area contributed by atoms with Crippen LogP contribution in [-0.4, -0.2) is 68.9 Å². The van der Waals surface area contributed by atoms with Crippen LogP contribution in [0.2, 0.25) is 0 Å². The Labute approximate surface area is 207 Å². The highest BCUT2D eigenvalue weighted by Gasteiger charge is 2.46. The number of ether oxygens (including phenoxy) is 2. The fraction of sp³-hybridized carbons (Fsp3) is 0.480. The monoisotopic (exact) mass is 500 g/mol. The van der Waals surface area contributed by atoms with Gasteiger partial charge in [0.1, 0.15) is 40.9 Å². The molecule has 2 aliphatic rings. The highest BCUT2D eigenvalue weighted by atomic mass is 32.1. The predicted octanol–water partition coefficient (Wildman–Crippen LogP) is 1.89. The minimum atomic E-state index is -1.64. The molecule has 1 aliphatic carbocycles. The summed E-state index contributed by atoms with van der Waals surface area (Å²) in [5, 5.41) is 51.3. The molecule has 4 rings (SSSR count). The van der Waals surface area contributed by atoms with Crippen molar-refractivity contribution in [2.24, 2.45) is 5.41 Å². The van der Waals surface area contributed by atoms with E-state index >= 15 is 0 Å². The molecule has 5 atom stereocenters. The van der Waals surface area contributed by atoms with E-state index in [-0.39, 0.29) is 22.4 Å². The van der Waals surface area contributed by atoms with Gasteiger partial charge in [0, 0.05) is 23.2 Å². The molecule has 0 radical (unpaired) electrons. The predicted molar refractivity (Wildman–Crippen MR) is 127 cm³/mol. The van der Waals surface area contributed by atoms with E-state index < -0.39 is 42.7 Å². The largest absolute Gasteiger partial charge is 0.497 e. The second-order valence-electron chi connectivity index (χ2n) is 9.75. The van der Waals surface area contributed by atoms with E-state index in [0.717, 1.165) is 0 Å². The molecule has 1 aliphatic heterocycles. The van der Waals surface area contributed by atoms with Crippen molar-refractivity contribution in [3.05, 3.63) is 45.7 Å². The van der Waals surface area contributed by atoms with Gasteiger partial charge >= 0.3 is 0 Å². The van der Waals surface area contributed by atoms with Gasteiger partial charge in [-0.1, -0.05) is 38.2 Å². The number of carbonyl (C=O) groups excluding carboxylic acids is 1. The number of aliphatic hydroxyl groups excluding tert-OH is 4. The molecular formula is C25H28N2O7S.